The van der Waals surface area contributed by atoms with Crippen molar-refractivity contribution in [1.29, 1.82) is 0 Å². The maximum Gasteiger partial charge on any atom is 0.191 e. The minimum Gasteiger partial charge on any atom is -0.361 e. The van der Waals surface area contributed by atoms with Crippen LogP contribution in [-0.2, 0) is 13.0 Å². The molecular weight excluding hydrogens is 489 g/mol. The lowest BCUT2D eigenvalue weighted by Gasteiger charge is -2.23. The molecule has 166 valence electrons. The fourth-order valence-electron chi connectivity index (χ4n) is 4.00. The second-order valence-corrected chi connectivity index (χ2v) is 7.80. The second kappa shape index (κ2) is 12.9. The summed E-state index contributed by atoms with van der Waals surface area (Å²) >= 11 is 0. The SMILES string of the molecule is CCNC(=NCC1CCCN1Cc1ccccc1)NCCCc1c(C)noc1C.I. The van der Waals surface area contributed by atoms with Crippen molar-refractivity contribution in [2.24, 2.45) is 4.99 Å². The summed E-state index contributed by atoms with van der Waals surface area (Å²) < 4.78 is 5.25. The normalized spacial score (nSPS) is 17.0. The summed E-state index contributed by atoms with van der Waals surface area (Å²) in [6.45, 7) is 10.9. The van der Waals surface area contributed by atoms with Crippen LogP contribution in [0.15, 0.2) is 39.8 Å². The van der Waals surface area contributed by atoms with Gasteiger partial charge in [0, 0.05) is 31.2 Å². The summed E-state index contributed by atoms with van der Waals surface area (Å²) in [5.41, 5.74) is 3.62. The summed E-state index contributed by atoms with van der Waals surface area (Å²) in [7, 11) is 0. The molecule has 1 saturated heterocycles. The molecular formula is C23H36IN5O. The lowest BCUT2D eigenvalue weighted by Crippen LogP contribution is -2.39. The maximum atomic E-state index is 5.25. The van der Waals surface area contributed by atoms with E-state index in [1.54, 1.807) is 0 Å². The smallest absolute Gasteiger partial charge is 0.191 e. The first-order valence-electron chi connectivity index (χ1n) is 10.9. The molecule has 1 atom stereocenters. The van der Waals surface area contributed by atoms with Gasteiger partial charge < -0.3 is 15.2 Å². The molecule has 0 saturated carbocycles. The third-order valence-corrected chi connectivity index (χ3v) is 5.61. The van der Waals surface area contributed by atoms with Crippen molar-refractivity contribution < 1.29 is 4.52 Å². The van der Waals surface area contributed by atoms with E-state index in [4.69, 9.17) is 9.52 Å². The van der Waals surface area contributed by atoms with Gasteiger partial charge in [-0.3, -0.25) is 9.89 Å². The number of nitrogens with one attached hydrogen (secondary N) is 2. The molecule has 2 heterocycles. The van der Waals surface area contributed by atoms with E-state index < -0.39 is 0 Å². The Morgan fingerprint density at radius 3 is 2.73 bits per heavy atom. The zero-order chi connectivity index (χ0) is 20.5. The van der Waals surface area contributed by atoms with Crippen LogP contribution in [0.5, 0.6) is 0 Å². The minimum absolute atomic E-state index is 0. The molecule has 0 spiro atoms. The number of halogens is 1. The molecule has 0 aliphatic carbocycles. The Hall–Kier alpha value is -1.61. The Bertz CT molecular complexity index is 758. The predicted octanol–water partition coefficient (Wildman–Crippen LogP) is 4.06. The van der Waals surface area contributed by atoms with Crippen molar-refractivity contribution in [3.05, 3.63) is 52.9 Å². The fourth-order valence-corrected chi connectivity index (χ4v) is 4.00. The highest BCUT2D eigenvalue weighted by atomic mass is 127. The zero-order valence-electron chi connectivity index (χ0n) is 18.5. The molecule has 0 radical (unpaired) electrons. The Morgan fingerprint density at radius 1 is 1.23 bits per heavy atom. The number of aryl methyl sites for hydroxylation is 2. The van der Waals surface area contributed by atoms with Gasteiger partial charge in [0.05, 0.1) is 12.2 Å². The standard InChI is InChI=1S/C23H35N5O.HI/c1-4-24-23(25-14-8-13-22-18(2)27-29-19(22)3)26-16-21-12-9-15-28(21)17-20-10-6-5-7-11-20;/h5-7,10-11,21H,4,8-9,12-17H2,1-3H3,(H2,24,25,26);1H. The van der Waals surface area contributed by atoms with E-state index in [2.05, 4.69) is 57.9 Å². The van der Waals surface area contributed by atoms with Crippen LogP contribution in [0.3, 0.4) is 0 Å². The highest BCUT2D eigenvalue weighted by molar-refractivity contribution is 14.0. The van der Waals surface area contributed by atoms with E-state index in [1.807, 2.05) is 13.8 Å². The molecule has 0 amide bonds. The van der Waals surface area contributed by atoms with E-state index in [9.17, 15) is 0 Å². The number of rotatable bonds is 9. The van der Waals surface area contributed by atoms with E-state index in [-0.39, 0.29) is 24.0 Å². The molecule has 7 heteroatoms. The summed E-state index contributed by atoms with van der Waals surface area (Å²) in [6.07, 6.45) is 4.48. The summed E-state index contributed by atoms with van der Waals surface area (Å²) in [6, 6.07) is 11.3. The van der Waals surface area contributed by atoms with Gasteiger partial charge in [0.15, 0.2) is 5.96 Å². The molecule has 2 aromatic rings. The van der Waals surface area contributed by atoms with Gasteiger partial charge in [-0.2, -0.15) is 0 Å². The topological polar surface area (TPSA) is 65.7 Å². The monoisotopic (exact) mass is 525 g/mol. The first-order chi connectivity index (χ1) is 14.2. The summed E-state index contributed by atoms with van der Waals surface area (Å²) in [5, 5.41) is 10.9. The number of aliphatic imine (C=N–C) groups is 1. The molecule has 1 aliphatic rings. The van der Waals surface area contributed by atoms with Gasteiger partial charge in [-0.25, -0.2) is 0 Å². The lowest BCUT2D eigenvalue weighted by molar-refractivity contribution is 0.250. The Balaban J connectivity index is 0.00000320. The molecule has 1 aromatic heterocycles. The van der Waals surface area contributed by atoms with E-state index in [1.165, 1.54) is 24.0 Å². The van der Waals surface area contributed by atoms with Crippen molar-refractivity contribution in [3.8, 4) is 0 Å². The average molecular weight is 525 g/mol. The van der Waals surface area contributed by atoms with Gasteiger partial charge in [0.1, 0.15) is 5.76 Å². The van der Waals surface area contributed by atoms with E-state index >= 15 is 0 Å². The molecule has 1 aliphatic heterocycles. The van der Waals surface area contributed by atoms with Gasteiger partial charge in [-0.05, 0) is 58.6 Å². The summed E-state index contributed by atoms with van der Waals surface area (Å²) in [5.74, 6) is 1.85. The van der Waals surface area contributed by atoms with Crippen LogP contribution in [0, 0.1) is 13.8 Å². The van der Waals surface area contributed by atoms with Gasteiger partial charge >= 0.3 is 0 Å². The Labute approximate surface area is 197 Å². The molecule has 1 fully saturated rings. The van der Waals surface area contributed by atoms with Gasteiger partial charge in [-0.1, -0.05) is 35.5 Å². The minimum atomic E-state index is 0. The predicted molar refractivity (Wildman–Crippen MR) is 134 cm³/mol. The van der Waals surface area contributed by atoms with Gasteiger partial charge in [0.2, 0.25) is 0 Å². The average Bonchev–Trinajstić information content (AvgIpc) is 3.30. The quantitative estimate of drug-likeness (QED) is 0.224. The van der Waals surface area contributed by atoms with E-state index in [0.29, 0.717) is 6.04 Å². The highest BCUT2D eigenvalue weighted by Gasteiger charge is 2.24. The molecule has 2 N–H and O–H groups in total. The van der Waals surface area contributed by atoms with Crippen LogP contribution < -0.4 is 10.6 Å². The molecule has 1 unspecified atom stereocenters. The largest absolute Gasteiger partial charge is 0.361 e. The number of hydrogen-bond donors (Lipinski definition) is 2. The highest BCUT2D eigenvalue weighted by Crippen LogP contribution is 2.20. The van der Waals surface area contributed by atoms with Crippen LogP contribution in [-0.4, -0.2) is 48.2 Å². The van der Waals surface area contributed by atoms with Crippen molar-refractivity contribution in [3.63, 3.8) is 0 Å². The maximum absolute atomic E-state index is 5.25. The number of guanidine groups is 1. The van der Waals surface area contributed by atoms with Crippen molar-refractivity contribution in [2.75, 3.05) is 26.2 Å². The van der Waals surface area contributed by atoms with Crippen molar-refractivity contribution in [1.82, 2.24) is 20.7 Å². The Morgan fingerprint density at radius 2 is 2.03 bits per heavy atom. The summed E-state index contributed by atoms with van der Waals surface area (Å²) in [4.78, 5) is 7.45. The number of benzene rings is 1. The zero-order valence-corrected chi connectivity index (χ0v) is 20.8. The van der Waals surface area contributed by atoms with Gasteiger partial charge in [0.25, 0.3) is 0 Å². The van der Waals surface area contributed by atoms with E-state index in [0.717, 1.165) is 63.0 Å². The molecule has 30 heavy (non-hydrogen) atoms. The third kappa shape index (κ3) is 7.27. The van der Waals surface area contributed by atoms with Crippen LogP contribution in [0.2, 0.25) is 0 Å². The van der Waals surface area contributed by atoms with Crippen molar-refractivity contribution >= 4 is 29.9 Å². The lowest BCUT2D eigenvalue weighted by atomic mass is 10.1. The number of hydrogen-bond acceptors (Lipinski definition) is 4. The first kappa shape index (κ1) is 24.7. The number of aromatic nitrogens is 1. The second-order valence-electron chi connectivity index (χ2n) is 7.80. The van der Waals surface area contributed by atoms with Gasteiger partial charge in [-0.15, -0.1) is 24.0 Å². The van der Waals surface area contributed by atoms with Crippen LogP contribution in [0.1, 0.15) is 48.8 Å². The first-order valence-corrected chi connectivity index (χ1v) is 10.9. The van der Waals surface area contributed by atoms with Crippen molar-refractivity contribution in [2.45, 2.75) is 59.0 Å². The van der Waals surface area contributed by atoms with Crippen LogP contribution >= 0.6 is 24.0 Å². The molecule has 1 aromatic carbocycles. The van der Waals surface area contributed by atoms with Crippen LogP contribution in [0.4, 0.5) is 0 Å². The number of nitrogens with zero attached hydrogens (tertiary/aromatic N) is 3. The third-order valence-electron chi connectivity index (χ3n) is 5.61. The Kier molecular flexibility index (Phi) is 10.6. The molecule has 6 nitrogen and oxygen atoms in total. The molecule has 0 bridgehead atoms. The molecule has 3 rings (SSSR count). The fraction of sp³-hybridized carbons (Fsp3) is 0.565. The number of likely N-dealkylation sites (tertiary alicyclic amines) is 1. The van der Waals surface area contributed by atoms with Crippen LogP contribution in [0.25, 0.3) is 0 Å².